The highest BCUT2D eigenvalue weighted by molar-refractivity contribution is 5.27. The van der Waals surface area contributed by atoms with Crippen molar-refractivity contribution in [1.82, 2.24) is 5.32 Å². The average Bonchev–Trinajstić information content (AvgIpc) is 2.34. The molecule has 2 aromatic rings. The molecule has 2 nitrogen and oxygen atoms in total. The molecule has 0 bridgehead atoms. The normalized spacial score (nSPS) is 10.4. The van der Waals surface area contributed by atoms with Crippen LogP contribution in [-0.2, 0) is 13.1 Å². The fraction of sp³-hybridized carbons (Fsp3) is 0.200. The summed E-state index contributed by atoms with van der Waals surface area (Å²) >= 11 is 0. The zero-order valence-electron chi connectivity index (χ0n) is 9.98. The van der Waals surface area contributed by atoms with Crippen LogP contribution in [0.1, 0.15) is 16.7 Å². The Bertz CT molecular complexity index is 477. The fourth-order valence-electron chi connectivity index (χ4n) is 1.76. The second-order valence-corrected chi connectivity index (χ2v) is 4.20. The van der Waals surface area contributed by atoms with Gasteiger partial charge in [0.2, 0.25) is 0 Å². The highest BCUT2D eigenvalue weighted by Crippen LogP contribution is 2.10. The quantitative estimate of drug-likeness (QED) is 0.841. The number of hydrogen-bond acceptors (Lipinski definition) is 2. The number of hydrogen-bond donors (Lipinski definition) is 2. The Balaban J connectivity index is 1.88. The molecule has 0 aromatic heterocycles. The molecule has 2 heteroatoms. The van der Waals surface area contributed by atoms with Crippen LogP contribution in [0.25, 0.3) is 0 Å². The van der Waals surface area contributed by atoms with Crippen LogP contribution < -0.4 is 5.32 Å². The molecule has 0 aliphatic heterocycles. The van der Waals surface area contributed by atoms with E-state index < -0.39 is 0 Å². The highest BCUT2D eigenvalue weighted by atomic mass is 16.3. The van der Waals surface area contributed by atoms with Crippen molar-refractivity contribution in [1.29, 1.82) is 0 Å². The van der Waals surface area contributed by atoms with Gasteiger partial charge in [0.1, 0.15) is 5.75 Å². The number of aromatic hydroxyl groups is 1. The average molecular weight is 227 g/mol. The molecular weight excluding hydrogens is 210 g/mol. The van der Waals surface area contributed by atoms with Gasteiger partial charge < -0.3 is 10.4 Å². The van der Waals surface area contributed by atoms with Crippen LogP contribution >= 0.6 is 0 Å². The van der Waals surface area contributed by atoms with E-state index in [-0.39, 0.29) is 0 Å². The van der Waals surface area contributed by atoms with Gasteiger partial charge in [0.25, 0.3) is 0 Å². The van der Waals surface area contributed by atoms with Crippen molar-refractivity contribution >= 4 is 0 Å². The van der Waals surface area contributed by atoms with Gasteiger partial charge in [0.05, 0.1) is 0 Å². The van der Waals surface area contributed by atoms with E-state index in [1.54, 1.807) is 12.1 Å². The van der Waals surface area contributed by atoms with Crippen molar-refractivity contribution < 1.29 is 5.11 Å². The molecule has 0 radical (unpaired) electrons. The summed E-state index contributed by atoms with van der Waals surface area (Å²) in [6.45, 7) is 3.81. The molecule has 0 saturated carbocycles. The minimum atomic E-state index is 0.313. The summed E-state index contributed by atoms with van der Waals surface area (Å²) in [5.74, 6) is 0.313. The lowest BCUT2D eigenvalue weighted by atomic mass is 10.1. The molecule has 2 N–H and O–H groups in total. The molecule has 0 aliphatic carbocycles. The molecule has 0 heterocycles. The Hall–Kier alpha value is -1.80. The van der Waals surface area contributed by atoms with E-state index in [0.717, 1.165) is 13.1 Å². The summed E-state index contributed by atoms with van der Waals surface area (Å²) < 4.78 is 0. The van der Waals surface area contributed by atoms with E-state index in [9.17, 15) is 5.11 Å². The Kier molecular flexibility index (Phi) is 3.78. The van der Waals surface area contributed by atoms with Gasteiger partial charge in [-0.05, 0) is 35.7 Å². The maximum atomic E-state index is 9.18. The second kappa shape index (κ2) is 5.51. The first-order valence-corrected chi connectivity index (χ1v) is 5.79. The molecule has 0 spiro atoms. The number of benzene rings is 2. The summed E-state index contributed by atoms with van der Waals surface area (Å²) in [5, 5.41) is 12.6. The van der Waals surface area contributed by atoms with Gasteiger partial charge in [-0.3, -0.25) is 0 Å². The summed E-state index contributed by atoms with van der Waals surface area (Å²) in [4.78, 5) is 0. The fourth-order valence-corrected chi connectivity index (χ4v) is 1.76. The monoisotopic (exact) mass is 227 g/mol. The molecule has 88 valence electrons. The highest BCUT2D eigenvalue weighted by Gasteiger charge is 1.97. The smallest absolute Gasteiger partial charge is 0.115 e. The van der Waals surface area contributed by atoms with E-state index in [4.69, 9.17) is 0 Å². The number of phenolic OH excluding ortho intramolecular Hbond substituents is 1. The molecule has 0 atom stereocenters. The van der Waals surface area contributed by atoms with Gasteiger partial charge in [0, 0.05) is 13.1 Å². The van der Waals surface area contributed by atoms with Crippen LogP contribution in [-0.4, -0.2) is 5.11 Å². The first-order valence-electron chi connectivity index (χ1n) is 5.79. The van der Waals surface area contributed by atoms with Crippen molar-refractivity contribution in [2.45, 2.75) is 20.0 Å². The number of phenols is 1. The van der Waals surface area contributed by atoms with Gasteiger partial charge in [-0.25, -0.2) is 0 Å². The zero-order valence-corrected chi connectivity index (χ0v) is 9.98. The summed E-state index contributed by atoms with van der Waals surface area (Å²) in [6, 6.07) is 15.7. The Morgan fingerprint density at radius 2 is 1.65 bits per heavy atom. The van der Waals surface area contributed by atoms with Crippen molar-refractivity contribution in [2.75, 3.05) is 0 Å². The second-order valence-electron chi connectivity index (χ2n) is 4.20. The standard InChI is InChI=1S/C15H17NO/c1-12-4-2-3-5-14(12)11-16-10-13-6-8-15(17)9-7-13/h2-9,16-17H,10-11H2,1H3. The summed E-state index contributed by atoms with van der Waals surface area (Å²) in [6.07, 6.45) is 0. The van der Waals surface area contributed by atoms with Crippen molar-refractivity contribution in [3.05, 3.63) is 65.2 Å². The van der Waals surface area contributed by atoms with Gasteiger partial charge >= 0.3 is 0 Å². The lowest BCUT2D eigenvalue weighted by molar-refractivity contribution is 0.475. The van der Waals surface area contributed by atoms with Crippen LogP contribution in [0.5, 0.6) is 5.75 Å². The van der Waals surface area contributed by atoms with E-state index >= 15 is 0 Å². The third-order valence-electron chi connectivity index (χ3n) is 2.84. The summed E-state index contributed by atoms with van der Waals surface area (Å²) in [7, 11) is 0. The first-order chi connectivity index (χ1) is 8.25. The topological polar surface area (TPSA) is 32.3 Å². The Morgan fingerprint density at radius 3 is 2.35 bits per heavy atom. The van der Waals surface area contributed by atoms with Crippen molar-refractivity contribution in [3.8, 4) is 5.75 Å². The van der Waals surface area contributed by atoms with Crippen LogP contribution in [0.4, 0.5) is 0 Å². The molecule has 17 heavy (non-hydrogen) atoms. The molecule has 2 aromatic carbocycles. The molecule has 2 rings (SSSR count). The van der Waals surface area contributed by atoms with E-state index in [2.05, 4.69) is 36.5 Å². The lowest BCUT2D eigenvalue weighted by Gasteiger charge is -2.07. The Labute approximate surface area is 102 Å². The van der Waals surface area contributed by atoms with Crippen LogP contribution in [0, 0.1) is 6.92 Å². The molecule has 0 amide bonds. The molecular formula is C15H17NO. The van der Waals surface area contributed by atoms with E-state index in [0.29, 0.717) is 5.75 Å². The summed E-state index contributed by atoms with van der Waals surface area (Å²) in [5.41, 5.74) is 3.81. The lowest BCUT2D eigenvalue weighted by Crippen LogP contribution is -2.13. The molecule has 0 unspecified atom stereocenters. The van der Waals surface area contributed by atoms with Crippen LogP contribution in [0.3, 0.4) is 0 Å². The van der Waals surface area contributed by atoms with Crippen LogP contribution in [0.2, 0.25) is 0 Å². The third-order valence-corrected chi connectivity index (χ3v) is 2.84. The zero-order chi connectivity index (χ0) is 12.1. The molecule has 0 aliphatic rings. The third kappa shape index (κ3) is 3.33. The largest absolute Gasteiger partial charge is 0.508 e. The number of rotatable bonds is 4. The van der Waals surface area contributed by atoms with Gasteiger partial charge in [0.15, 0.2) is 0 Å². The Morgan fingerprint density at radius 1 is 0.941 bits per heavy atom. The number of aryl methyl sites for hydroxylation is 1. The predicted octanol–water partition coefficient (Wildman–Crippen LogP) is 2.99. The SMILES string of the molecule is Cc1ccccc1CNCc1ccc(O)cc1. The maximum absolute atomic E-state index is 9.18. The number of nitrogens with one attached hydrogen (secondary N) is 1. The molecule has 0 saturated heterocycles. The van der Waals surface area contributed by atoms with Crippen molar-refractivity contribution in [3.63, 3.8) is 0 Å². The maximum Gasteiger partial charge on any atom is 0.115 e. The predicted molar refractivity (Wildman–Crippen MR) is 69.8 cm³/mol. The molecule has 0 fully saturated rings. The van der Waals surface area contributed by atoms with Crippen molar-refractivity contribution in [2.24, 2.45) is 0 Å². The minimum absolute atomic E-state index is 0.313. The van der Waals surface area contributed by atoms with Crippen LogP contribution in [0.15, 0.2) is 48.5 Å². The van der Waals surface area contributed by atoms with Gasteiger partial charge in [-0.1, -0.05) is 36.4 Å². The van der Waals surface area contributed by atoms with Gasteiger partial charge in [-0.15, -0.1) is 0 Å². The van der Waals surface area contributed by atoms with Gasteiger partial charge in [-0.2, -0.15) is 0 Å². The van der Waals surface area contributed by atoms with E-state index in [1.165, 1.54) is 16.7 Å². The van der Waals surface area contributed by atoms with E-state index in [1.807, 2.05) is 12.1 Å². The minimum Gasteiger partial charge on any atom is -0.508 e. The first kappa shape index (κ1) is 11.7.